The van der Waals surface area contributed by atoms with Gasteiger partial charge in [-0.1, -0.05) is 6.07 Å². The highest BCUT2D eigenvalue weighted by atomic mass is 32.2. The summed E-state index contributed by atoms with van der Waals surface area (Å²) >= 11 is 0. The number of sulfonamides is 1. The van der Waals surface area contributed by atoms with E-state index in [4.69, 9.17) is 24.2 Å². The Labute approximate surface area is 232 Å². The Kier molecular flexibility index (Phi) is 10.3. The molecule has 42 heavy (non-hydrogen) atoms. The van der Waals surface area contributed by atoms with Crippen LogP contribution >= 0.6 is 0 Å². The lowest BCUT2D eigenvalue weighted by molar-refractivity contribution is -0.193. The highest BCUT2D eigenvalue weighted by Crippen LogP contribution is 2.29. The number of aliphatic carboxylic acids is 2. The normalized spacial score (nSPS) is 11.6. The zero-order chi connectivity index (χ0) is 32.0. The number of aryl methyl sites for hydroxylation is 2. The van der Waals surface area contributed by atoms with Crippen molar-refractivity contribution in [3.8, 4) is 22.8 Å². The number of hydrogen-bond acceptors (Lipinski definition) is 8. The number of carbonyl (C=O) groups is 2. The molecule has 0 aliphatic heterocycles. The van der Waals surface area contributed by atoms with Crippen molar-refractivity contribution in [3.63, 3.8) is 0 Å². The number of H-pyrrole nitrogens is 1. The van der Waals surface area contributed by atoms with E-state index >= 15 is 0 Å². The van der Waals surface area contributed by atoms with Crippen LogP contribution in [0.25, 0.3) is 33.9 Å². The predicted molar refractivity (Wildman–Crippen MR) is 135 cm³/mol. The van der Waals surface area contributed by atoms with Gasteiger partial charge in [0.1, 0.15) is 5.52 Å². The first-order valence-electron chi connectivity index (χ1n) is 11.2. The van der Waals surface area contributed by atoms with E-state index in [9.17, 15) is 34.8 Å². The maximum absolute atomic E-state index is 11.8. The number of pyridine rings is 1. The summed E-state index contributed by atoms with van der Waals surface area (Å²) < 4.78 is 95.4. The van der Waals surface area contributed by atoms with Crippen LogP contribution in [0.1, 0.15) is 18.3 Å². The summed E-state index contributed by atoms with van der Waals surface area (Å²) in [5.74, 6) is -4.51. The van der Waals surface area contributed by atoms with Crippen molar-refractivity contribution in [3.05, 3.63) is 48.0 Å². The number of anilines is 1. The number of benzene rings is 1. The summed E-state index contributed by atoms with van der Waals surface area (Å²) in [7, 11) is -3.36. The summed E-state index contributed by atoms with van der Waals surface area (Å²) in [6.45, 7) is 5.44. The number of rotatable bonds is 5. The molecule has 4 N–H and O–H groups in total. The number of fused-ring (bicyclic) bond motifs is 1. The standard InChI is InChI=1S/C19H19N5O3S.2C2HF3O2/c1-4-28(25,26)24-15-7-14(9-20-10-15)13-5-6-16-17(8-13)27-19(23-16)18-21-11(2)12(3)22-18;2*3-2(4,5)1(6)7/h5-10,24H,4H2,1-3H3,(H,21,22);2*(H,6,7). The molecule has 0 saturated heterocycles. The Morgan fingerprint density at radius 2 is 1.52 bits per heavy atom. The van der Waals surface area contributed by atoms with E-state index < -0.39 is 34.3 Å². The van der Waals surface area contributed by atoms with Crippen LogP contribution in [0.2, 0.25) is 0 Å². The van der Waals surface area contributed by atoms with Crippen LogP contribution in [-0.2, 0) is 19.6 Å². The number of nitrogens with zero attached hydrogens (tertiary/aromatic N) is 3. The molecular formula is C23H21F6N5O7S. The molecule has 1 aromatic carbocycles. The van der Waals surface area contributed by atoms with Crippen LogP contribution < -0.4 is 4.72 Å². The van der Waals surface area contributed by atoms with Crippen molar-refractivity contribution in [1.29, 1.82) is 0 Å². The molecule has 0 amide bonds. The third-order valence-corrected chi connectivity index (χ3v) is 6.24. The Bertz CT molecular complexity index is 1640. The third-order valence-electron chi connectivity index (χ3n) is 4.93. The van der Waals surface area contributed by atoms with E-state index in [1.807, 2.05) is 32.0 Å². The van der Waals surface area contributed by atoms with Gasteiger partial charge in [-0.2, -0.15) is 26.3 Å². The molecule has 4 rings (SSSR count). The van der Waals surface area contributed by atoms with E-state index in [0.29, 0.717) is 28.5 Å². The van der Waals surface area contributed by atoms with Gasteiger partial charge in [0, 0.05) is 17.5 Å². The molecule has 3 aromatic heterocycles. The molecule has 0 fully saturated rings. The SMILES string of the molecule is CCS(=O)(=O)Nc1cncc(-c2ccc3nc(-c4nc(C)c(C)[nH]4)oc3c2)c1.O=C(O)C(F)(F)F.O=C(O)C(F)(F)F. The van der Waals surface area contributed by atoms with Crippen molar-refractivity contribution in [2.45, 2.75) is 33.1 Å². The number of carboxylic acid groups (broad SMARTS) is 2. The number of oxazole rings is 1. The molecule has 0 saturated carbocycles. The highest BCUT2D eigenvalue weighted by Gasteiger charge is 2.38. The van der Waals surface area contributed by atoms with Gasteiger partial charge in [-0.25, -0.2) is 28.0 Å². The zero-order valence-corrected chi connectivity index (χ0v) is 22.4. The Morgan fingerprint density at radius 1 is 0.952 bits per heavy atom. The second-order valence-corrected chi connectivity index (χ2v) is 10.1. The fraction of sp³-hybridized carbons (Fsp3) is 0.261. The van der Waals surface area contributed by atoms with Gasteiger partial charge in [-0.15, -0.1) is 0 Å². The second kappa shape index (κ2) is 12.9. The summed E-state index contributed by atoms with van der Waals surface area (Å²) in [6, 6.07) is 7.33. The number of nitrogens with one attached hydrogen (secondary N) is 2. The van der Waals surface area contributed by atoms with E-state index in [0.717, 1.165) is 22.5 Å². The number of hydrogen-bond donors (Lipinski definition) is 4. The van der Waals surface area contributed by atoms with E-state index in [1.54, 1.807) is 19.2 Å². The van der Waals surface area contributed by atoms with Crippen molar-refractivity contribution in [2.24, 2.45) is 0 Å². The zero-order valence-electron chi connectivity index (χ0n) is 21.6. The number of imidazole rings is 1. The monoisotopic (exact) mass is 625 g/mol. The molecule has 0 atom stereocenters. The maximum atomic E-state index is 11.8. The highest BCUT2D eigenvalue weighted by molar-refractivity contribution is 7.92. The second-order valence-electron chi connectivity index (χ2n) is 8.07. The fourth-order valence-electron chi connectivity index (χ4n) is 2.76. The van der Waals surface area contributed by atoms with Gasteiger partial charge in [0.15, 0.2) is 11.4 Å². The maximum Gasteiger partial charge on any atom is 0.490 e. The molecule has 0 radical (unpaired) electrons. The van der Waals surface area contributed by atoms with E-state index in [-0.39, 0.29) is 5.75 Å². The molecule has 12 nitrogen and oxygen atoms in total. The van der Waals surface area contributed by atoms with Crippen LogP contribution in [-0.4, -0.2) is 68.6 Å². The quantitative estimate of drug-likeness (QED) is 0.222. The van der Waals surface area contributed by atoms with Gasteiger partial charge in [0.25, 0.3) is 5.89 Å². The van der Waals surface area contributed by atoms with Crippen LogP contribution in [0.4, 0.5) is 32.0 Å². The minimum absolute atomic E-state index is 0.00421. The van der Waals surface area contributed by atoms with E-state index in [1.165, 1.54) is 6.20 Å². The first-order chi connectivity index (χ1) is 19.2. The fourth-order valence-corrected chi connectivity index (χ4v) is 3.37. The molecule has 228 valence electrons. The molecule has 0 aliphatic carbocycles. The van der Waals surface area contributed by atoms with Crippen molar-refractivity contribution in [1.82, 2.24) is 19.9 Å². The molecular weight excluding hydrogens is 604 g/mol. The lowest BCUT2D eigenvalue weighted by Gasteiger charge is -2.07. The molecule has 4 aromatic rings. The molecule has 0 bridgehead atoms. The first-order valence-corrected chi connectivity index (χ1v) is 12.9. The summed E-state index contributed by atoms with van der Waals surface area (Å²) in [5.41, 5.74) is 5.21. The van der Waals surface area contributed by atoms with Gasteiger partial charge in [-0.3, -0.25) is 9.71 Å². The first kappa shape index (κ1) is 33.5. The molecule has 19 heteroatoms. The number of carboxylic acids is 2. The molecule has 0 unspecified atom stereocenters. The van der Waals surface area contributed by atoms with Crippen molar-refractivity contribution in [2.75, 3.05) is 10.5 Å². The average molecular weight is 626 g/mol. The van der Waals surface area contributed by atoms with Gasteiger partial charge in [0.2, 0.25) is 10.0 Å². The third kappa shape index (κ3) is 9.46. The van der Waals surface area contributed by atoms with Gasteiger partial charge in [0.05, 0.1) is 23.3 Å². The summed E-state index contributed by atoms with van der Waals surface area (Å²) in [5, 5.41) is 14.2. The lowest BCUT2D eigenvalue weighted by Crippen LogP contribution is -2.21. The molecule has 0 spiro atoms. The topological polar surface area (TPSA) is 188 Å². The van der Waals surface area contributed by atoms with Crippen LogP contribution in [0.15, 0.2) is 41.1 Å². The van der Waals surface area contributed by atoms with E-state index in [2.05, 4.69) is 24.7 Å². The van der Waals surface area contributed by atoms with Gasteiger partial charge in [-0.05, 0) is 44.5 Å². The number of aromatic amines is 1. The number of alkyl halides is 6. The molecule has 0 aliphatic rings. The van der Waals surface area contributed by atoms with Gasteiger partial charge < -0.3 is 19.6 Å². The number of halogens is 6. The van der Waals surface area contributed by atoms with Crippen LogP contribution in [0.3, 0.4) is 0 Å². The summed E-state index contributed by atoms with van der Waals surface area (Å²) in [4.78, 5) is 34.0. The van der Waals surface area contributed by atoms with Gasteiger partial charge >= 0.3 is 24.3 Å². The Balaban J connectivity index is 0.000000367. The minimum atomic E-state index is -5.08. The Hall–Kier alpha value is -4.68. The van der Waals surface area contributed by atoms with Crippen molar-refractivity contribution < 1.29 is 59.0 Å². The smallest absolute Gasteiger partial charge is 0.475 e. The number of aromatic nitrogens is 4. The largest absolute Gasteiger partial charge is 0.490 e. The Morgan fingerprint density at radius 3 is 2.00 bits per heavy atom. The lowest BCUT2D eigenvalue weighted by atomic mass is 10.1. The molecule has 3 heterocycles. The van der Waals surface area contributed by atoms with Crippen LogP contribution in [0.5, 0.6) is 0 Å². The minimum Gasteiger partial charge on any atom is -0.475 e. The van der Waals surface area contributed by atoms with Crippen molar-refractivity contribution >= 4 is 38.7 Å². The average Bonchev–Trinajstić information content (AvgIpc) is 3.45. The summed E-state index contributed by atoms with van der Waals surface area (Å²) in [6.07, 6.45) is -7.02. The predicted octanol–water partition coefficient (Wildman–Crippen LogP) is 4.92. The van der Waals surface area contributed by atoms with Crippen LogP contribution in [0, 0.1) is 13.8 Å².